The fourth-order valence-electron chi connectivity index (χ4n) is 3.35. The fraction of sp³-hybridized carbons (Fsp3) is 0.769. The number of fused-ring (bicyclic) bond motifs is 1. The van der Waals surface area contributed by atoms with E-state index in [1.54, 1.807) is 5.57 Å². The van der Waals surface area contributed by atoms with Gasteiger partial charge in [0, 0.05) is 6.42 Å². The zero-order chi connectivity index (χ0) is 10.4. The van der Waals surface area contributed by atoms with E-state index < -0.39 is 5.97 Å². The fourth-order valence-corrected chi connectivity index (χ4v) is 3.35. The molecule has 82 valence electrons. The summed E-state index contributed by atoms with van der Waals surface area (Å²) < 4.78 is 0. The van der Waals surface area contributed by atoms with Crippen molar-refractivity contribution in [1.29, 1.82) is 0 Å². The second-order valence-corrected chi connectivity index (χ2v) is 5.61. The van der Waals surface area contributed by atoms with Gasteiger partial charge in [-0.05, 0) is 55.8 Å². The summed E-state index contributed by atoms with van der Waals surface area (Å²) in [5, 5.41) is 8.77. The average molecular weight is 206 g/mol. The Bertz CT molecular complexity index is 314. The van der Waals surface area contributed by atoms with Gasteiger partial charge in [0.25, 0.3) is 0 Å². The number of aliphatic carboxylic acids is 1. The SMILES string of the molecule is O=C(O)C[C@H]1CC2CC(CC3CC3)=CC21. The lowest BCUT2D eigenvalue weighted by atomic mass is 9.65. The van der Waals surface area contributed by atoms with E-state index in [0.29, 0.717) is 18.3 Å². The van der Waals surface area contributed by atoms with Crippen LogP contribution in [0.15, 0.2) is 11.6 Å². The van der Waals surface area contributed by atoms with Gasteiger partial charge in [0.1, 0.15) is 0 Å². The van der Waals surface area contributed by atoms with Gasteiger partial charge in [-0.25, -0.2) is 0 Å². The molecule has 3 aliphatic rings. The highest BCUT2D eigenvalue weighted by atomic mass is 16.4. The normalized spacial score (nSPS) is 38.1. The van der Waals surface area contributed by atoms with Crippen LogP contribution >= 0.6 is 0 Å². The quantitative estimate of drug-likeness (QED) is 0.718. The molecule has 0 radical (unpaired) electrons. The summed E-state index contributed by atoms with van der Waals surface area (Å²) in [7, 11) is 0. The molecule has 15 heavy (non-hydrogen) atoms. The van der Waals surface area contributed by atoms with E-state index in [2.05, 4.69) is 6.08 Å². The molecule has 0 aromatic rings. The standard InChI is InChI=1S/C13H18O2/c14-13(15)7-11-6-10-4-9(5-12(10)11)3-8-1-2-8/h5,8,10-12H,1-4,6-7H2,(H,14,15)/t10?,11-,12?/m1/s1. The summed E-state index contributed by atoms with van der Waals surface area (Å²) in [4.78, 5) is 10.6. The van der Waals surface area contributed by atoms with E-state index in [4.69, 9.17) is 5.11 Å². The minimum atomic E-state index is -0.623. The summed E-state index contributed by atoms with van der Waals surface area (Å²) >= 11 is 0. The number of carboxylic acids is 1. The van der Waals surface area contributed by atoms with Gasteiger partial charge in [0.05, 0.1) is 0 Å². The van der Waals surface area contributed by atoms with E-state index in [9.17, 15) is 4.79 Å². The highest BCUT2D eigenvalue weighted by Gasteiger charge is 2.44. The van der Waals surface area contributed by atoms with E-state index in [1.165, 1.54) is 25.7 Å². The van der Waals surface area contributed by atoms with Crippen LogP contribution in [0, 0.1) is 23.7 Å². The maximum atomic E-state index is 10.6. The van der Waals surface area contributed by atoms with Gasteiger partial charge in [-0.15, -0.1) is 0 Å². The van der Waals surface area contributed by atoms with Gasteiger partial charge < -0.3 is 5.11 Å². The minimum Gasteiger partial charge on any atom is -0.481 e. The van der Waals surface area contributed by atoms with Crippen LogP contribution in [0.2, 0.25) is 0 Å². The largest absolute Gasteiger partial charge is 0.481 e. The van der Waals surface area contributed by atoms with Crippen molar-refractivity contribution in [3.63, 3.8) is 0 Å². The highest BCUT2D eigenvalue weighted by Crippen LogP contribution is 2.53. The van der Waals surface area contributed by atoms with E-state index in [1.807, 2.05) is 0 Å². The van der Waals surface area contributed by atoms with Crippen molar-refractivity contribution >= 4 is 5.97 Å². The lowest BCUT2D eigenvalue weighted by Gasteiger charge is -2.39. The molecule has 0 spiro atoms. The Kier molecular flexibility index (Phi) is 2.11. The van der Waals surface area contributed by atoms with Gasteiger partial charge in [-0.3, -0.25) is 4.79 Å². The monoisotopic (exact) mass is 206 g/mol. The Morgan fingerprint density at radius 3 is 2.93 bits per heavy atom. The molecule has 2 fully saturated rings. The first kappa shape index (κ1) is 9.44. The number of allylic oxidation sites excluding steroid dienone is 2. The zero-order valence-electron chi connectivity index (χ0n) is 8.98. The molecule has 2 saturated carbocycles. The smallest absolute Gasteiger partial charge is 0.303 e. The third kappa shape index (κ3) is 1.82. The van der Waals surface area contributed by atoms with Crippen molar-refractivity contribution in [1.82, 2.24) is 0 Å². The molecule has 1 N–H and O–H groups in total. The molecule has 3 atom stereocenters. The Balaban J connectivity index is 1.57. The lowest BCUT2D eigenvalue weighted by Crippen LogP contribution is -2.34. The van der Waals surface area contributed by atoms with E-state index in [0.717, 1.165) is 18.3 Å². The van der Waals surface area contributed by atoms with Crippen LogP contribution in [-0.2, 0) is 4.79 Å². The Labute approximate surface area is 90.4 Å². The average Bonchev–Trinajstić information content (AvgIpc) is 2.89. The van der Waals surface area contributed by atoms with Crippen LogP contribution in [0.25, 0.3) is 0 Å². The molecule has 0 saturated heterocycles. The van der Waals surface area contributed by atoms with Crippen LogP contribution in [0.5, 0.6) is 0 Å². The summed E-state index contributed by atoms with van der Waals surface area (Å²) in [5.41, 5.74) is 1.64. The summed E-state index contributed by atoms with van der Waals surface area (Å²) in [6, 6.07) is 0. The van der Waals surface area contributed by atoms with Crippen LogP contribution in [0.1, 0.15) is 38.5 Å². The molecule has 0 aliphatic heterocycles. The molecule has 0 aromatic heterocycles. The molecule has 0 bridgehead atoms. The zero-order valence-corrected chi connectivity index (χ0v) is 8.98. The van der Waals surface area contributed by atoms with Crippen LogP contribution in [-0.4, -0.2) is 11.1 Å². The number of hydrogen-bond donors (Lipinski definition) is 1. The van der Waals surface area contributed by atoms with Crippen LogP contribution in [0.3, 0.4) is 0 Å². The van der Waals surface area contributed by atoms with Gasteiger partial charge >= 0.3 is 5.97 Å². The van der Waals surface area contributed by atoms with E-state index >= 15 is 0 Å². The van der Waals surface area contributed by atoms with Crippen molar-refractivity contribution in [2.45, 2.75) is 38.5 Å². The number of carboxylic acid groups (broad SMARTS) is 1. The van der Waals surface area contributed by atoms with E-state index in [-0.39, 0.29) is 0 Å². The number of hydrogen-bond acceptors (Lipinski definition) is 1. The molecule has 0 aromatic carbocycles. The van der Waals surface area contributed by atoms with Gasteiger partial charge in [0.2, 0.25) is 0 Å². The van der Waals surface area contributed by atoms with Crippen LogP contribution in [0.4, 0.5) is 0 Å². The van der Waals surface area contributed by atoms with Crippen molar-refractivity contribution in [3.05, 3.63) is 11.6 Å². The molecule has 0 amide bonds. The number of rotatable bonds is 4. The topological polar surface area (TPSA) is 37.3 Å². The molecule has 0 heterocycles. The van der Waals surface area contributed by atoms with Crippen molar-refractivity contribution in [2.75, 3.05) is 0 Å². The Morgan fingerprint density at radius 1 is 1.47 bits per heavy atom. The minimum absolute atomic E-state index is 0.383. The molecule has 2 nitrogen and oxygen atoms in total. The van der Waals surface area contributed by atoms with Gasteiger partial charge in [-0.2, -0.15) is 0 Å². The van der Waals surface area contributed by atoms with Crippen molar-refractivity contribution in [3.8, 4) is 0 Å². The lowest BCUT2D eigenvalue weighted by molar-refractivity contribution is -0.139. The second kappa shape index (κ2) is 3.36. The molecule has 3 rings (SSSR count). The predicted molar refractivity (Wildman–Crippen MR) is 57.4 cm³/mol. The first-order valence-corrected chi connectivity index (χ1v) is 6.13. The summed E-state index contributed by atoms with van der Waals surface area (Å²) in [6.07, 6.45) is 9.39. The third-order valence-electron chi connectivity index (χ3n) is 4.33. The predicted octanol–water partition coefficient (Wildman–Crippen LogP) is 2.84. The summed E-state index contributed by atoms with van der Waals surface area (Å²) in [5.74, 6) is 2.23. The maximum absolute atomic E-state index is 10.6. The first-order valence-electron chi connectivity index (χ1n) is 6.13. The molecule has 2 unspecified atom stereocenters. The van der Waals surface area contributed by atoms with Crippen molar-refractivity contribution in [2.24, 2.45) is 23.7 Å². The van der Waals surface area contributed by atoms with Crippen LogP contribution < -0.4 is 0 Å². The highest BCUT2D eigenvalue weighted by molar-refractivity contribution is 5.67. The Hall–Kier alpha value is -0.790. The summed E-state index contributed by atoms with van der Waals surface area (Å²) in [6.45, 7) is 0. The molecular formula is C13H18O2. The third-order valence-corrected chi connectivity index (χ3v) is 4.33. The van der Waals surface area contributed by atoms with Crippen molar-refractivity contribution < 1.29 is 9.90 Å². The second-order valence-electron chi connectivity index (χ2n) is 5.61. The first-order chi connectivity index (χ1) is 7.22. The Morgan fingerprint density at radius 2 is 2.27 bits per heavy atom. The molecular weight excluding hydrogens is 188 g/mol. The van der Waals surface area contributed by atoms with Gasteiger partial charge in [0.15, 0.2) is 0 Å². The van der Waals surface area contributed by atoms with Gasteiger partial charge in [-0.1, -0.05) is 11.6 Å². The number of carbonyl (C=O) groups is 1. The maximum Gasteiger partial charge on any atom is 0.303 e. The molecule has 3 aliphatic carbocycles. The molecule has 2 heteroatoms.